The van der Waals surface area contributed by atoms with Crippen LogP contribution in [0.1, 0.15) is 47.7 Å². The monoisotopic (exact) mass is 483 g/mol. The van der Waals surface area contributed by atoms with Gasteiger partial charge in [-0.05, 0) is 48.6 Å². The van der Waals surface area contributed by atoms with E-state index in [9.17, 15) is 0 Å². The van der Waals surface area contributed by atoms with Crippen LogP contribution >= 0.6 is 0 Å². The van der Waals surface area contributed by atoms with E-state index < -0.39 is 0 Å². The molecule has 6 heteroatoms. The van der Waals surface area contributed by atoms with Crippen molar-refractivity contribution in [1.82, 2.24) is 15.0 Å². The first-order valence-electron chi connectivity index (χ1n) is 12.9. The highest BCUT2D eigenvalue weighted by molar-refractivity contribution is 5.96. The molecule has 188 valence electrons. The number of aromatic amines is 1. The number of H-pyrrole nitrogens is 1. The van der Waals surface area contributed by atoms with Crippen LogP contribution in [0.25, 0.3) is 22.3 Å². The number of ether oxygens (including phenoxy) is 1. The summed E-state index contributed by atoms with van der Waals surface area (Å²) in [5.74, 6) is 2.30. The third-order valence-corrected chi connectivity index (χ3v) is 7.42. The van der Waals surface area contributed by atoms with Crippen molar-refractivity contribution in [3.63, 3.8) is 0 Å². The SMILES string of the molecule is COCCN(C)c1nc(-c2cccc3[nH]cc(C)c23)nc2c1CN(c1cc(C(C)C)ccc1C)CC2. The zero-order valence-corrected chi connectivity index (χ0v) is 22.4. The first-order chi connectivity index (χ1) is 17.4. The quantitative estimate of drug-likeness (QED) is 0.349. The van der Waals surface area contributed by atoms with E-state index in [4.69, 9.17) is 14.7 Å². The van der Waals surface area contributed by atoms with Gasteiger partial charge >= 0.3 is 0 Å². The highest BCUT2D eigenvalue weighted by atomic mass is 16.5. The summed E-state index contributed by atoms with van der Waals surface area (Å²) in [6, 6.07) is 13.2. The van der Waals surface area contributed by atoms with Crippen molar-refractivity contribution in [3.05, 3.63) is 70.5 Å². The van der Waals surface area contributed by atoms with Crippen molar-refractivity contribution < 1.29 is 4.74 Å². The van der Waals surface area contributed by atoms with E-state index in [0.29, 0.717) is 12.5 Å². The molecule has 2 aromatic carbocycles. The largest absolute Gasteiger partial charge is 0.383 e. The number of rotatable bonds is 7. The maximum Gasteiger partial charge on any atom is 0.162 e. The maximum absolute atomic E-state index is 5.40. The summed E-state index contributed by atoms with van der Waals surface area (Å²) in [6.07, 6.45) is 2.95. The van der Waals surface area contributed by atoms with E-state index >= 15 is 0 Å². The zero-order chi connectivity index (χ0) is 25.4. The van der Waals surface area contributed by atoms with Gasteiger partial charge in [0.05, 0.1) is 12.3 Å². The summed E-state index contributed by atoms with van der Waals surface area (Å²) in [6.45, 7) is 12.0. The normalized spacial score (nSPS) is 13.5. The van der Waals surface area contributed by atoms with E-state index in [2.05, 4.69) is 92.1 Å². The van der Waals surface area contributed by atoms with Crippen LogP contribution in [0.3, 0.4) is 0 Å². The van der Waals surface area contributed by atoms with Crippen LogP contribution in [0.5, 0.6) is 0 Å². The third kappa shape index (κ3) is 4.46. The molecule has 0 atom stereocenters. The summed E-state index contributed by atoms with van der Waals surface area (Å²) in [5.41, 5.74) is 9.78. The van der Waals surface area contributed by atoms with Gasteiger partial charge in [-0.2, -0.15) is 0 Å². The van der Waals surface area contributed by atoms with Gasteiger partial charge in [-0.15, -0.1) is 0 Å². The fourth-order valence-corrected chi connectivity index (χ4v) is 5.24. The molecule has 0 fully saturated rings. The molecular formula is C30H37N5O. The molecule has 0 bridgehead atoms. The second-order valence-corrected chi connectivity index (χ2v) is 10.3. The molecule has 2 aromatic heterocycles. The van der Waals surface area contributed by atoms with Crippen LogP contribution in [0.2, 0.25) is 0 Å². The number of anilines is 2. The molecule has 0 aliphatic carbocycles. The Morgan fingerprint density at radius 2 is 1.94 bits per heavy atom. The molecule has 4 aromatic rings. The summed E-state index contributed by atoms with van der Waals surface area (Å²) < 4.78 is 5.40. The number of likely N-dealkylation sites (N-methyl/N-ethyl adjacent to an activating group) is 1. The van der Waals surface area contributed by atoms with E-state index in [1.165, 1.54) is 33.3 Å². The minimum atomic E-state index is 0.502. The number of aryl methyl sites for hydroxylation is 2. The molecule has 6 nitrogen and oxygen atoms in total. The number of nitrogens with zero attached hydrogens (tertiary/aromatic N) is 4. The lowest BCUT2D eigenvalue weighted by Gasteiger charge is -2.34. The predicted octanol–water partition coefficient (Wildman–Crippen LogP) is 6.01. The van der Waals surface area contributed by atoms with E-state index in [-0.39, 0.29) is 0 Å². The highest BCUT2D eigenvalue weighted by Gasteiger charge is 2.26. The smallest absolute Gasteiger partial charge is 0.162 e. The highest BCUT2D eigenvalue weighted by Crippen LogP contribution is 2.35. The van der Waals surface area contributed by atoms with Gasteiger partial charge in [0.2, 0.25) is 0 Å². The molecule has 5 rings (SSSR count). The minimum absolute atomic E-state index is 0.502. The number of fused-ring (bicyclic) bond motifs is 2. The molecular weight excluding hydrogens is 446 g/mol. The van der Waals surface area contributed by atoms with Gasteiger partial charge in [0.1, 0.15) is 5.82 Å². The Hall–Kier alpha value is -3.38. The number of benzene rings is 2. The number of hydrogen-bond donors (Lipinski definition) is 1. The fraction of sp³-hybridized carbons (Fsp3) is 0.400. The molecule has 1 N–H and O–H groups in total. The van der Waals surface area contributed by atoms with Crippen LogP contribution in [0.4, 0.5) is 11.5 Å². The molecule has 0 saturated carbocycles. The lowest BCUT2D eigenvalue weighted by molar-refractivity contribution is 0.206. The van der Waals surface area contributed by atoms with Crippen molar-refractivity contribution >= 4 is 22.4 Å². The second-order valence-electron chi connectivity index (χ2n) is 10.3. The topological polar surface area (TPSA) is 57.3 Å². The van der Waals surface area contributed by atoms with Crippen LogP contribution in [-0.2, 0) is 17.7 Å². The van der Waals surface area contributed by atoms with Crippen molar-refractivity contribution in [2.24, 2.45) is 0 Å². The van der Waals surface area contributed by atoms with E-state index in [1.54, 1.807) is 7.11 Å². The molecule has 0 amide bonds. The second kappa shape index (κ2) is 9.94. The molecule has 1 aliphatic rings. The molecule has 0 radical (unpaired) electrons. The molecule has 0 spiro atoms. The molecule has 0 saturated heterocycles. The molecule has 1 aliphatic heterocycles. The summed E-state index contributed by atoms with van der Waals surface area (Å²) in [7, 11) is 3.85. The Balaban J connectivity index is 1.60. The van der Waals surface area contributed by atoms with Crippen LogP contribution < -0.4 is 9.80 Å². The Morgan fingerprint density at radius 3 is 2.72 bits per heavy atom. The van der Waals surface area contributed by atoms with Crippen molar-refractivity contribution in [2.75, 3.05) is 43.7 Å². The number of aromatic nitrogens is 3. The lowest BCUT2D eigenvalue weighted by atomic mass is 9.98. The predicted molar refractivity (Wildman–Crippen MR) is 149 cm³/mol. The van der Waals surface area contributed by atoms with E-state index in [0.717, 1.165) is 54.5 Å². The minimum Gasteiger partial charge on any atom is -0.383 e. The Bertz CT molecular complexity index is 1390. The first kappa shape index (κ1) is 24.3. The average Bonchev–Trinajstić information content (AvgIpc) is 3.27. The number of methoxy groups -OCH3 is 1. The van der Waals surface area contributed by atoms with Crippen molar-refractivity contribution in [1.29, 1.82) is 0 Å². The van der Waals surface area contributed by atoms with Gasteiger partial charge in [0, 0.05) is 74.1 Å². The molecule has 0 unspecified atom stereocenters. The van der Waals surface area contributed by atoms with E-state index in [1.807, 2.05) is 0 Å². The number of nitrogens with one attached hydrogen (secondary N) is 1. The van der Waals surface area contributed by atoms with Gasteiger partial charge in [0.25, 0.3) is 0 Å². The number of hydrogen-bond acceptors (Lipinski definition) is 5. The van der Waals surface area contributed by atoms with Gasteiger partial charge in [-0.1, -0.05) is 38.1 Å². The van der Waals surface area contributed by atoms with Crippen LogP contribution in [0, 0.1) is 13.8 Å². The zero-order valence-electron chi connectivity index (χ0n) is 22.4. The van der Waals surface area contributed by atoms with Crippen molar-refractivity contribution in [2.45, 2.75) is 46.6 Å². The van der Waals surface area contributed by atoms with Crippen LogP contribution in [-0.4, -0.2) is 48.8 Å². The van der Waals surface area contributed by atoms with Gasteiger partial charge in [-0.3, -0.25) is 0 Å². The van der Waals surface area contributed by atoms with Gasteiger partial charge in [-0.25, -0.2) is 9.97 Å². The summed E-state index contributed by atoms with van der Waals surface area (Å²) in [4.78, 5) is 18.5. The average molecular weight is 484 g/mol. The third-order valence-electron chi connectivity index (χ3n) is 7.42. The van der Waals surface area contributed by atoms with Gasteiger partial charge < -0.3 is 19.5 Å². The van der Waals surface area contributed by atoms with Crippen LogP contribution in [0.15, 0.2) is 42.6 Å². The lowest BCUT2D eigenvalue weighted by Crippen LogP contribution is -2.34. The molecule has 36 heavy (non-hydrogen) atoms. The maximum atomic E-state index is 5.40. The first-order valence-corrected chi connectivity index (χ1v) is 12.9. The Morgan fingerprint density at radius 1 is 1.11 bits per heavy atom. The summed E-state index contributed by atoms with van der Waals surface area (Å²) >= 11 is 0. The fourth-order valence-electron chi connectivity index (χ4n) is 5.24. The molecule has 3 heterocycles. The van der Waals surface area contributed by atoms with Crippen molar-refractivity contribution in [3.8, 4) is 11.4 Å². The Kier molecular flexibility index (Phi) is 6.71. The Labute approximate surface area is 214 Å². The van der Waals surface area contributed by atoms with Gasteiger partial charge in [0.15, 0.2) is 5.82 Å². The summed E-state index contributed by atoms with van der Waals surface area (Å²) in [5, 5.41) is 1.20. The standard InChI is InChI=1S/C30H37N5O/c1-19(2)22-11-10-20(3)27(16-22)35-13-12-25-24(18-35)30(34(5)14-15-36-6)33-29(32-25)23-8-7-9-26-28(23)21(4)17-31-26/h7-11,16-17,19,31H,12-15,18H2,1-6H3.